The van der Waals surface area contributed by atoms with Gasteiger partial charge in [0.25, 0.3) is 0 Å². The van der Waals surface area contributed by atoms with Gasteiger partial charge in [-0.3, -0.25) is 9.69 Å². The number of aliphatic hydroxyl groups excluding tert-OH is 1. The molecule has 0 radical (unpaired) electrons. The Morgan fingerprint density at radius 2 is 1.94 bits per heavy atom. The molecule has 0 bridgehead atoms. The molecular formula is C22H40N4O6Si. The van der Waals surface area contributed by atoms with Gasteiger partial charge < -0.3 is 24.0 Å². The van der Waals surface area contributed by atoms with E-state index in [9.17, 15) is 14.7 Å². The van der Waals surface area contributed by atoms with Crippen LogP contribution in [-0.2, 0) is 14.0 Å². The first kappa shape index (κ1) is 27.3. The van der Waals surface area contributed by atoms with Crippen LogP contribution in [-0.4, -0.2) is 70.9 Å². The van der Waals surface area contributed by atoms with Gasteiger partial charge in [0.05, 0.1) is 12.7 Å². The van der Waals surface area contributed by atoms with E-state index in [1.165, 1.54) is 11.3 Å². The predicted octanol–water partition coefficient (Wildman–Crippen LogP) is 3.40. The van der Waals surface area contributed by atoms with Crippen molar-refractivity contribution in [3.8, 4) is 0 Å². The van der Waals surface area contributed by atoms with Gasteiger partial charge >= 0.3 is 6.09 Å². The molecule has 11 heteroatoms. The first-order chi connectivity index (χ1) is 15.0. The number of nitrogens with zero attached hydrogens (tertiary/aromatic N) is 3. The molecule has 1 aromatic rings. The van der Waals surface area contributed by atoms with Crippen LogP contribution in [0, 0.1) is 0 Å². The maximum atomic E-state index is 13.6. The maximum absolute atomic E-state index is 13.6. The summed E-state index contributed by atoms with van der Waals surface area (Å²) in [5.41, 5.74) is -2.17. The number of likely N-dealkylation sites (tertiary alicyclic amines) is 1. The van der Waals surface area contributed by atoms with Crippen molar-refractivity contribution in [3.05, 3.63) is 12.3 Å². The molecule has 2 N–H and O–H groups in total. The maximum Gasteiger partial charge on any atom is 0.411 e. The van der Waals surface area contributed by atoms with Crippen molar-refractivity contribution in [1.82, 2.24) is 20.4 Å². The second-order valence-corrected chi connectivity index (χ2v) is 16.0. The van der Waals surface area contributed by atoms with Gasteiger partial charge in [0.1, 0.15) is 17.2 Å². The number of carbonyl (C=O) groups is 2. The van der Waals surface area contributed by atoms with Crippen LogP contribution in [0.1, 0.15) is 73.2 Å². The fraction of sp³-hybridized carbons (Fsp3) is 0.818. The summed E-state index contributed by atoms with van der Waals surface area (Å²) in [6, 6.07) is -0.751. The smallest absolute Gasteiger partial charge is 0.411 e. The van der Waals surface area contributed by atoms with Crippen LogP contribution in [0.5, 0.6) is 0 Å². The third kappa shape index (κ3) is 6.13. The highest BCUT2D eigenvalue weighted by Crippen LogP contribution is 2.39. The van der Waals surface area contributed by atoms with E-state index in [0.29, 0.717) is 19.4 Å². The Morgan fingerprint density at radius 3 is 2.42 bits per heavy atom. The molecule has 1 fully saturated rings. The molecule has 3 atom stereocenters. The van der Waals surface area contributed by atoms with Crippen molar-refractivity contribution in [2.75, 3.05) is 13.2 Å². The largest absolute Gasteiger partial charge is 0.444 e. The zero-order chi connectivity index (χ0) is 25.2. The van der Waals surface area contributed by atoms with E-state index in [4.69, 9.17) is 13.6 Å². The molecule has 0 spiro atoms. The molecule has 0 saturated carbocycles. The normalized spacial score (nSPS) is 21.6. The molecule has 2 unspecified atom stereocenters. The third-order valence-electron chi connectivity index (χ3n) is 6.47. The lowest BCUT2D eigenvalue weighted by Crippen LogP contribution is -2.61. The summed E-state index contributed by atoms with van der Waals surface area (Å²) in [6.07, 6.45) is 0.946. The average Bonchev–Trinajstić information content (AvgIpc) is 3.33. The molecule has 1 aliphatic heterocycles. The van der Waals surface area contributed by atoms with Gasteiger partial charge in [-0.25, -0.2) is 4.79 Å². The van der Waals surface area contributed by atoms with Gasteiger partial charge in [0, 0.05) is 6.54 Å². The minimum atomic E-state index is -2.19. The first-order valence-corrected chi connectivity index (χ1v) is 14.3. The average molecular weight is 485 g/mol. The molecule has 2 rings (SSSR count). The molecule has 2 heterocycles. The molecule has 10 nitrogen and oxygen atoms in total. The van der Waals surface area contributed by atoms with Gasteiger partial charge in [0.2, 0.25) is 18.2 Å². The summed E-state index contributed by atoms with van der Waals surface area (Å²) in [6.45, 7) is 17.5. The Labute approximate surface area is 197 Å². The monoisotopic (exact) mass is 484 g/mol. The van der Waals surface area contributed by atoms with E-state index in [1.807, 2.05) is 6.92 Å². The number of aliphatic hydroxyl groups is 1. The molecule has 188 valence electrons. The fourth-order valence-electron chi connectivity index (χ4n) is 3.62. The standard InChI is InChI=1S/C22H40N4O6Si/c1-15(32-33(8,9)21(5,6)7)16(17-25-23-14-30-17)24-18(28)22(13-27)11-10-12-26(22)19(29)31-20(2,3)4/h14-16,27H,10-13H2,1-9H3,(H,24,28)/t15-,16?,22?/m1/s1. The topological polar surface area (TPSA) is 127 Å². The van der Waals surface area contributed by atoms with E-state index in [-0.39, 0.29) is 10.9 Å². The highest BCUT2D eigenvalue weighted by molar-refractivity contribution is 6.74. The summed E-state index contributed by atoms with van der Waals surface area (Å²) in [4.78, 5) is 27.8. The van der Waals surface area contributed by atoms with Crippen LogP contribution in [0.15, 0.2) is 10.8 Å². The molecule has 33 heavy (non-hydrogen) atoms. The SMILES string of the molecule is C[C@@H](O[Si](C)(C)C(C)(C)C)C(NC(=O)C1(CO)CCCN1C(=O)OC(C)(C)C)c1nnco1. The van der Waals surface area contributed by atoms with Crippen molar-refractivity contribution in [2.24, 2.45) is 0 Å². The van der Waals surface area contributed by atoms with Crippen molar-refractivity contribution in [1.29, 1.82) is 0 Å². The predicted molar refractivity (Wildman–Crippen MR) is 125 cm³/mol. The van der Waals surface area contributed by atoms with Crippen molar-refractivity contribution >= 4 is 20.3 Å². The van der Waals surface area contributed by atoms with Crippen molar-refractivity contribution in [3.63, 3.8) is 0 Å². The molecule has 1 aromatic heterocycles. The molecule has 1 aliphatic rings. The minimum Gasteiger partial charge on any atom is -0.444 e. The van der Waals surface area contributed by atoms with Gasteiger partial charge in [-0.1, -0.05) is 20.8 Å². The lowest BCUT2D eigenvalue weighted by atomic mass is 9.95. The lowest BCUT2D eigenvalue weighted by Gasteiger charge is -2.41. The number of rotatable bonds is 7. The molecule has 1 saturated heterocycles. The van der Waals surface area contributed by atoms with Crippen LogP contribution in [0.2, 0.25) is 18.1 Å². The quantitative estimate of drug-likeness (QED) is 0.564. The highest BCUT2D eigenvalue weighted by Gasteiger charge is 2.52. The minimum absolute atomic E-state index is 0.0457. The number of ether oxygens (including phenoxy) is 1. The van der Waals surface area contributed by atoms with Gasteiger partial charge in [-0.15, -0.1) is 10.2 Å². The van der Waals surface area contributed by atoms with Crippen LogP contribution >= 0.6 is 0 Å². The number of amides is 2. The van der Waals surface area contributed by atoms with Crippen molar-refractivity contribution < 1.29 is 28.3 Å². The number of hydrogen-bond donors (Lipinski definition) is 2. The Bertz CT molecular complexity index is 818. The van der Waals surface area contributed by atoms with Crippen LogP contribution in [0.4, 0.5) is 4.79 Å². The fourth-order valence-corrected chi connectivity index (χ4v) is 5.04. The Hall–Kier alpha value is -1.98. The zero-order valence-corrected chi connectivity index (χ0v) is 22.4. The number of nitrogens with one attached hydrogen (secondary N) is 1. The van der Waals surface area contributed by atoms with E-state index in [2.05, 4.69) is 49.4 Å². The van der Waals surface area contributed by atoms with E-state index >= 15 is 0 Å². The molecule has 2 amide bonds. The summed E-state index contributed by atoms with van der Waals surface area (Å²) >= 11 is 0. The van der Waals surface area contributed by atoms with E-state index in [0.717, 1.165) is 0 Å². The number of hydrogen-bond acceptors (Lipinski definition) is 8. The first-order valence-electron chi connectivity index (χ1n) is 11.4. The Kier molecular flexibility index (Phi) is 8.02. The second-order valence-electron chi connectivity index (χ2n) is 11.2. The molecule has 0 aromatic carbocycles. The van der Waals surface area contributed by atoms with Crippen LogP contribution < -0.4 is 5.32 Å². The summed E-state index contributed by atoms with van der Waals surface area (Å²) < 4.78 is 17.4. The van der Waals surface area contributed by atoms with Crippen LogP contribution in [0.3, 0.4) is 0 Å². The summed E-state index contributed by atoms with van der Waals surface area (Å²) in [5, 5.41) is 20.9. The van der Waals surface area contributed by atoms with E-state index < -0.39 is 50.2 Å². The van der Waals surface area contributed by atoms with Gasteiger partial charge in [-0.2, -0.15) is 0 Å². The Morgan fingerprint density at radius 1 is 1.30 bits per heavy atom. The Balaban J connectivity index is 2.32. The molecular weight excluding hydrogens is 444 g/mol. The van der Waals surface area contributed by atoms with Crippen molar-refractivity contribution in [2.45, 2.75) is 103 Å². The number of carbonyl (C=O) groups excluding carboxylic acids is 2. The summed E-state index contributed by atoms with van der Waals surface area (Å²) in [7, 11) is -2.19. The number of aromatic nitrogens is 2. The third-order valence-corrected chi connectivity index (χ3v) is 11.0. The summed E-state index contributed by atoms with van der Waals surface area (Å²) in [5.74, 6) is -0.313. The lowest BCUT2D eigenvalue weighted by molar-refractivity contribution is -0.136. The second kappa shape index (κ2) is 9.71. The molecule has 0 aliphatic carbocycles. The van der Waals surface area contributed by atoms with Gasteiger partial charge in [-0.05, 0) is 58.7 Å². The zero-order valence-electron chi connectivity index (χ0n) is 21.4. The van der Waals surface area contributed by atoms with Gasteiger partial charge in [0.15, 0.2) is 8.32 Å². The highest BCUT2D eigenvalue weighted by atomic mass is 28.4. The van der Waals surface area contributed by atoms with E-state index in [1.54, 1.807) is 20.8 Å². The van der Waals surface area contributed by atoms with Crippen LogP contribution in [0.25, 0.3) is 0 Å².